The number of ether oxygens (including phenoxy) is 1. The van der Waals surface area contributed by atoms with Gasteiger partial charge in [0, 0.05) is 12.7 Å². The van der Waals surface area contributed by atoms with Crippen LogP contribution in [0.1, 0.15) is 40.1 Å². The molecule has 1 aromatic carbocycles. The van der Waals surface area contributed by atoms with Crippen molar-refractivity contribution in [2.45, 2.75) is 33.9 Å². The van der Waals surface area contributed by atoms with Crippen molar-refractivity contribution < 1.29 is 13.9 Å². The highest BCUT2D eigenvalue weighted by atomic mass is 16.5. The number of aromatic nitrogens is 2. The molecule has 0 aliphatic heterocycles. The summed E-state index contributed by atoms with van der Waals surface area (Å²) in [5.41, 5.74) is 2.74. The Labute approximate surface area is 152 Å². The van der Waals surface area contributed by atoms with Gasteiger partial charge in [-0.15, -0.1) is 0 Å². The second kappa shape index (κ2) is 7.87. The number of ketones is 1. The highest BCUT2D eigenvalue weighted by molar-refractivity contribution is 6.05. The van der Waals surface area contributed by atoms with Gasteiger partial charge in [0.25, 0.3) is 0 Å². The van der Waals surface area contributed by atoms with Crippen molar-refractivity contribution >= 4 is 11.9 Å². The SMILES string of the molecule is CCn1ccc(C(=O)C=Cc2ccc(COc3cc(C)cc(C)c3)o2)n1. The van der Waals surface area contributed by atoms with E-state index in [2.05, 4.69) is 11.2 Å². The average Bonchev–Trinajstić information content (AvgIpc) is 3.26. The normalized spacial score (nSPS) is 11.2. The van der Waals surface area contributed by atoms with Gasteiger partial charge in [0.15, 0.2) is 0 Å². The largest absolute Gasteiger partial charge is 0.486 e. The molecular formula is C21H22N2O3. The van der Waals surface area contributed by atoms with Gasteiger partial charge in [0.05, 0.1) is 0 Å². The summed E-state index contributed by atoms with van der Waals surface area (Å²) < 4.78 is 13.2. The number of allylic oxidation sites excluding steroid dienone is 1. The van der Waals surface area contributed by atoms with Crippen molar-refractivity contribution in [1.29, 1.82) is 0 Å². The van der Waals surface area contributed by atoms with Crippen LogP contribution >= 0.6 is 0 Å². The zero-order chi connectivity index (χ0) is 18.5. The Bertz CT molecular complexity index is 914. The maximum atomic E-state index is 12.1. The van der Waals surface area contributed by atoms with Gasteiger partial charge in [0.1, 0.15) is 29.6 Å². The van der Waals surface area contributed by atoms with Gasteiger partial charge in [-0.2, -0.15) is 5.10 Å². The Morgan fingerprint density at radius 3 is 2.65 bits per heavy atom. The first-order chi connectivity index (χ1) is 12.5. The van der Waals surface area contributed by atoms with E-state index in [9.17, 15) is 4.79 Å². The highest BCUT2D eigenvalue weighted by Gasteiger charge is 2.07. The number of furan rings is 1. The van der Waals surface area contributed by atoms with E-state index in [1.165, 1.54) is 6.08 Å². The summed E-state index contributed by atoms with van der Waals surface area (Å²) in [6.45, 7) is 7.12. The topological polar surface area (TPSA) is 57.3 Å². The monoisotopic (exact) mass is 350 g/mol. The molecule has 0 aliphatic carbocycles. The third-order valence-electron chi connectivity index (χ3n) is 3.87. The molecule has 0 unspecified atom stereocenters. The minimum absolute atomic E-state index is 0.151. The fourth-order valence-electron chi connectivity index (χ4n) is 2.64. The molecule has 5 heteroatoms. The van der Waals surface area contributed by atoms with E-state index in [0.29, 0.717) is 23.8 Å². The van der Waals surface area contributed by atoms with Crippen LogP contribution in [-0.4, -0.2) is 15.6 Å². The van der Waals surface area contributed by atoms with Crippen molar-refractivity contribution in [3.8, 4) is 5.75 Å². The molecule has 0 N–H and O–H groups in total. The van der Waals surface area contributed by atoms with Gasteiger partial charge >= 0.3 is 0 Å². The minimum atomic E-state index is -0.151. The van der Waals surface area contributed by atoms with Gasteiger partial charge in [-0.1, -0.05) is 6.07 Å². The van der Waals surface area contributed by atoms with Gasteiger partial charge in [-0.05, 0) is 74.4 Å². The first-order valence-corrected chi connectivity index (χ1v) is 8.59. The molecule has 2 heterocycles. The van der Waals surface area contributed by atoms with E-state index < -0.39 is 0 Å². The van der Waals surface area contributed by atoms with E-state index in [0.717, 1.165) is 23.4 Å². The van der Waals surface area contributed by atoms with E-state index in [1.54, 1.807) is 23.0 Å². The van der Waals surface area contributed by atoms with Crippen LogP contribution in [0.3, 0.4) is 0 Å². The molecule has 3 rings (SSSR count). The number of nitrogens with zero attached hydrogens (tertiary/aromatic N) is 2. The first-order valence-electron chi connectivity index (χ1n) is 8.59. The fourth-order valence-corrected chi connectivity index (χ4v) is 2.64. The molecule has 0 saturated carbocycles. The summed E-state index contributed by atoms with van der Waals surface area (Å²) in [5, 5.41) is 4.19. The van der Waals surface area contributed by atoms with E-state index >= 15 is 0 Å². The third-order valence-corrected chi connectivity index (χ3v) is 3.87. The zero-order valence-electron chi connectivity index (χ0n) is 15.2. The molecule has 5 nitrogen and oxygen atoms in total. The fraction of sp³-hybridized carbons (Fsp3) is 0.238. The van der Waals surface area contributed by atoms with Crippen molar-refractivity contribution in [1.82, 2.24) is 9.78 Å². The molecule has 3 aromatic rings. The highest BCUT2D eigenvalue weighted by Crippen LogP contribution is 2.19. The van der Waals surface area contributed by atoms with Crippen LogP contribution in [0.25, 0.3) is 6.08 Å². The van der Waals surface area contributed by atoms with Gasteiger partial charge in [-0.3, -0.25) is 9.48 Å². The van der Waals surface area contributed by atoms with Crippen LogP contribution in [0.5, 0.6) is 5.75 Å². The standard InChI is InChI=1S/C21H22N2O3/c1-4-23-10-9-20(22-23)21(24)8-7-17-5-6-18(26-17)14-25-19-12-15(2)11-16(3)13-19/h5-13H,4,14H2,1-3H3. The summed E-state index contributed by atoms with van der Waals surface area (Å²) in [6.07, 6.45) is 4.90. The molecule has 0 saturated heterocycles. The van der Waals surface area contributed by atoms with Crippen LogP contribution in [0.15, 0.2) is 53.1 Å². The zero-order valence-corrected chi connectivity index (χ0v) is 15.2. The molecule has 0 bridgehead atoms. The van der Waals surface area contributed by atoms with Gasteiger partial charge < -0.3 is 9.15 Å². The Hall–Kier alpha value is -3.08. The third kappa shape index (κ3) is 4.51. The van der Waals surface area contributed by atoms with Crippen molar-refractivity contribution in [2.75, 3.05) is 0 Å². The van der Waals surface area contributed by atoms with Crippen molar-refractivity contribution in [3.05, 3.63) is 77.0 Å². The number of hydrogen-bond acceptors (Lipinski definition) is 4. The van der Waals surface area contributed by atoms with Crippen LogP contribution in [0.4, 0.5) is 0 Å². The Morgan fingerprint density at radius 1 is 1.19 bits per heavy atom. The van der Waals surface area contributed by atoms with Crippen molar-refractivity contribution in [3.63, 3.8) is 0 Å². The summed E-state index contributed by atoms with van der Waals surface area (Å²) in [4.78, 5) is 12.1. The van der Waals surface area contributed by atoms with Gasteiger partial charge in [0.2, 0.25) is 5.78 Å². The summed E-state index contributed by atoms with van der Waals surface area (Å²) >= 11 is 0. The van der Waals surface area contributed by atoms with Crippen LogP contribution in [0, 0.1) is 13.8 Å². The Balaban J connectivity index is 1.59. The molecule has 26 heavy (non-hydrogen) atoms. The predicted octanol–water partition coefficient (Wildman–Crippen LogP) is 4.59. The second-order valence-corrected chi connectivity index (χ2v) is 6.17. The molecule has 134 valence electrons. The van der Waals surface area contributed by atoms with E-state index in [1.807, 2.05) is 45.0 Å². The number of hydrogen-bond donors (Lipinski definition) is 0. The van der Waals surface area contributed by atoms with Gasteiger partial charge in [-0.25, -0.2) is 0 Å². The smallest absolute Gasteiger partial charge is 0.206 e. The van der Waals surface area contributed by atoms with E-state index in [-0.39, 0.29) is 5.78 Å². The molecule has 0 radical (unpaired) electrons. The molecular weight excluding hydrogens is 328 g/mol. The summed E-state index contributed by atoms with van der Waals surface area (Å²) in [6, 6.07) is 11.5. The molecule has 0 spiro atoms. The second-order valence-electron chi connectivity index (χ2n) is 6.17. The maximum Gasteiger partial charge on any atom is 0.206 e. The summed E-state index contributed by atoms with van der Waals surface area (Å²) in [7, 11) is 0. The number of aryl methyl sites for hydroxylation is 3. The molecule has 0 fully saturated rings. The lowest BCUT2D eigenvalue weighted by molar-refractivity contribution is 0.104. The minimum Gasteiger partial charge on any atom is -0.486 e. The molecule has 2 aromatic heterocycles. The lowest BCUT2D eigenvalue weighted by atomic mass is 10.1. The molecule has 0 aliphatic rings. The van der Waals surface area contributed by atoms with Crippen LogP contribution in [-0.2, 0) is 13.2 Å². The summed E-state index contributed by atoms with van der Waals surface area (Å²) in [5.74, 6) is 1.97. The van der Waals surface area contributed by atoms with Crippen LogP contribution < -0.4 is 4.74 Å². The molecule has 0 amide bonds. The molecule has 0 atom stereocenters. The Morgan fingerprint density at radius 2 is 1.96 bits per heavy atom. The maximum absolute atomic E-state index is 12.1. The van der Waals surface area contributed by atoms with Crippen LogP contribution in [0.2, 0.25) is 0 Å². The Kier molecular flexibility index (Phi) is 5.37. The number of carbonyl (C=O) groups excluding carboxylic acids is 1. The lowest BCUT2D eigenvalue weighted by Gasteiger charge is -2.06. The number of carbonyl (C=O) groups is 1. The average molecular weight is 350 g/mol. The number of benzene rings is 1. The number of rotatable bonds is 7. The van der Waals surface area contributed by atoms with E-state index in [4.69, 9.17) is 9.15 Å². The predicted molar refractivity (Wildman–Crippen MR) is 100 cm³/mol. The lowest BCUT2D eigenvalue weighted by Crippen LogP contribution is -1.99. The first kappa shape index (κ1) is 17.7. The quantitative estimate of drug-likeness (QED) is 0.462. The van der Waals surface area contributed by atoms with Crippen molar-refractivity contribution in [2.24, 2.45) is 0 Å².